The van der Waals surface area contributed by atoms with Gasteiger partial charge in [0.1, 0.15) is 5.75 Å². The van der Waals surface area contributed by atoms with Crippen molar-refractivity contribution in [2.24, 2.45) is 0 Å². The van der Waals surface area contributed by atoms with E-state index in [9.17, 15) is 9.59 Å². The van der Waals surface area contributed by atoms with Gasteiger partial charge in [0.05, 0.1) is 13.2 Å². The van der Waals surface area contributed by atoms with E-state index in [4.69, 9.17) is 4.74 Å². The van der Waals surface area contributed by atoms with Crippen LogP contribution in [0.5, 0.6) is 5.75 Å². The Morgan fingerprint density at radius 1 is 1.16 bits per heavy atom. The highest BCUT2D eigenvalue weighted by atomic mass is 16.5. The van der Waals surface area contributed by atoms with Crippen LogP contribution in [-0.2, 0) is 4.79 Å². The van der Waals surface area contributed by atoms with Crippen LogP contribution >= 0.6 is 0 Å². The molecule has 3 amide bonds. The Bertz CT molecular complexity index is 746. The third kappa shape index (κ3) is 3.74. The zero-order valence-corrected chi connectivity index (χ0v) is 14.3. The highest BCUT2D eigenvalue weighted by Gasteiger charge is 2.32. The first-order chi connectivity index (χ1) is 12.1. The van der Waals surface area contributed by atoms with Crippen molar-refractivity contribution in [3.05, 3.63) is 54.6 Å². The monoisotopic (exact) mass is 339 g/mol. The van der Waals surface area contributed by atoms with Crippen molar-refractivity contribution in [2.45, 2.75) is 12.5 Å². The number of nitrogens with zero attached hydrogens (tertiary/aromatic N) is 2. The summed E-state index contributed by atoms with van der Waals surface area (Å²) in [5.74, 6) is 0.738. The number of hydrogen-bond donors (Lipinski definition) is 1. The number of carbonyl (C=O) groups is 2. The van der Waals surface area contributed by atoms with E-state index in [-0.39, 0.29) is 18.0 Å². The minimum Gasteiger partial charge on any atom is -0.497 e. The molecule has 1 heterocycles. The van der Waals surface area contributed by atoms with Gasteiger partial charge >= 0.3 is 6.03 Å². The number of benzene rings is 2. The molecular weight excluding hydrogens is 318 g/mol. The van der Waals surface area contributed by atoms with Gasteiger partial charge in [0.25, 0.3) is 0 Å². The summed E-state index contributed by atoms with van der Waals surface area (Å²) >= 11 is 0. The molecule has 1 saturated heterocycles. The zero-order chi connectivity index (χ0) is 17.8. The third-order valence-corrected chi connectivity index (χ3v) is 4.28. The number of rotatable bonds is 4. The molecule has 6 nitrogen and oxygen atoms in total. The van der Waals surface area contributed by atoms with Crippen molar-refractivity contribution < 1.29 is 14.3 Å². The van der Waals surface area contributed by atoms with E-state index in [1.807, 2.05) is 54.6 Å². The van der Waals surface area contributed by atoms with Crippen LogP contribution in [0.1, 0.15) is 6.42 Å². The molecule has 0 aliphatic carbocycles. The first-order valence-corrected chi connectivity index (χ1v) is 8.12. The molecule has 0 bridgehead atoms. The maximum Gasteiger partial charge on any atom is 0.321 e. The molecule has 25 heavy (non-hydrogen) atoms. The SMILES string of the molecule is COc1ccc(N2CC(NC(=O)N(C)c3ccccc3)CC2=O)cc1. The molecule has 1 unspecified atom stereocenters. The lowest BCUT2D eigenvalue weighted by Gasteiger charge is -2.21. The molecule has 2 aromatic rings. The lowest BCUT2D eigenvalue weighted by Crippen LogP contribution is -2.44. The fraction of sp³-hybridized carbons (Fsp3) is 0.263. The van der Waals surface area contributed by atoms with Crippen LogP contribution < -0.4 is 19.9 Å². The Hall–Kier alpha value is -3.02. The zero-order valence-electron chi connectivity index (χ0n) is 14.3. The van der Waals surface area contributed by atoms with E-state index in [1.165, 1.54) is 0 Å². The molecule has 0 radical (unpaired) electrons. The maximum absolute atomic E-state index is 12.4. The number of urea groups is 1. The summed E-state index contributed by atoms with van der Waals surface area (Å²) in [7, 11) is 3.31. The first kappa shape index (κ1) is 16.8. The van der Waals surface area contributed by atoms with Crippen LogP contribution in [0.3, 0.4) is 0 Å². The Balaban J connectivity index is 1.63. The van der Waals surface area contributed by atoms with Gasteiger partial charge < -0.3 is 15.0 Å². The van der Waals surface area contributed by atoms with Crippen molar-refractivity contribution >= 4 is 23.3 Å². The van der Waals surface area contributed by atoms with E-state index in [0.29, 0.717) is 13.0 Å². The number of para-hydroxylation sites is 1. The lowest BCUT2D eigenvalue weighted by atomic mass is 10.2. The van der Waals surface area contributed by atoms with Crippen molar-refractivity contribution in [3.63, 3.8) is 0 Å². The highest BCUT2D eigenvalue weighted by Crippen LogP contribution is 2.24. The summed E-state index contributed by atoms with van der Waals surface area (Å²) in [6, 6.07) is 16.3. The molecule has 1 aliphatic rings. The lowest BCUT2D eigenvalue weighted by molar-refractivity contribution is -0.117. The van der Waals surface area contributed by atoms with Crippen molar-refractivity contribution in [3.8, 4) is 5.75 Å². The molecular formula is C19H21N3O3. The smallest absolute Gasteiger partial charge is 0.321 e. The van der Waals surface area contributed by atoms with Crippen LogP contribution in [0, 0.1) is 0 Å². The van der Waals surface area contributed by atoms with Crippen LogP contribution in [0.15, 0.2) is 54.6 Å². The summed E-state index contributed by atoms with van der Waals surface area (Å²) in [6.45, 7) is 0.458. The molecule has 0 saturated carbocycles. The Kier molecular flexibility index (Phi) is 4.88. The number of ether oxygens (including phenoxy) is 1. The largest absolute Gasteiger partial charge is 0.497 e. The molecule has 1 N–H and O–H groups in total. The van der Waals surface area contributed by atoms with Crippen molar-refractivity contribution in [2.75, 3.05) is 30.5 Å². The molecule has 2 aromatic carbocycles. The molecule has 1 atom stereocenters. The van der Waals surface area contributed by atoms with Gasteiger partial charge in [-0.2, -0.15) is 0 Å². The fourth-order valence-corrected chi connectivity index (χ4v) is 2.86. The molecule has 1 fully saturated rings. The van der Waals surface area contributed by atoms with Crippen LogP contribution in [-0.4, -0.2) is 38.7 Å². The number of nitrogens with one attached hydrogen (secondary N) is 1. The van der Waals surface area contributed by atoms with Gasteiger partial charge in [0.2, 0.25) is 5.91 Å². The number of amides is 3. The molecule has 0 aromatic heterocycles. The minimum atomic E-state index is -0.222. The summed E-state index contributed by atoms with van der Waals surface area (Å²) < 4.78 is 5.13. The van der Waals surface area contributed by atoms with E-state index >= 15 is 0 Å². The van der Waals surface area contributed by atoms with Gasteiger partial charge in [-0.3, -0.25) is 9.69 Å². The fourth-order valence-electron chi connectivity index (χ4n) is 2.86. The van der Waals surface area contributed by atoms with Crippen LogP contribution in [0.25, 0.3) is 0 Å². The van der Waals surface area contributed by atoms with Gasteiger partial charge in [-0.15, -0.1) is 0 Å². The van der Waals surface area contributed by atoms with Crippen molar-refractivity contribution in [1.82, 2.24) is 5.32 Å². The van der Waals surface area contributed by atoms with E-state index < -0.39 is 0 Å². The number of methoxy groups -OCH3 is 1. The van der Waals surface area contributed by atoms with E-state index in [1.54, 1.807) is 24.0 Å². The number of anilines is 2. The normalized spacial score (nSPS) is 16.6. The molecule has 6 heteroatoms. The second-order valence-electron chi connectivity index (χ2n) is 5.95. The van der Waals surface area contributed by atoms with Crippen LogP contribution in [0.4, 0.5) is 16.2 Å². The summed E-state index contributed by atoms with van der Waals surface area (Å²) in [5.41, 5.74) is 1.61. The molecule has 130 valence electrons. The molecule has 3 rings (SSSR count). The number of carbonyl (C=O) groups excluding carboxylic acids is 2. The average Bonchev–Trinajstić information content (AvgIpc) is 3.02. The Labute approximate surface area is 147 Å². The predicted molar refractivity (Wildman–Crippen MR) is 97.1 cm³/mol. The maximum atomic E-state index is 12.4. The van der Waals surface area contributed by atoms with E-state index in [0.717, 1.165) is 17.1 Å². The predicted octanol–water partition coefficient (Wildman–Crippen LogP) is 2.65. The Morgan fingerprint density at radius 2 is 1.84 bits per heavy atom. The summed E-state index contributed by atoms with van der Waals surface area (Å²) in [4.78, 5) is 27.9. The van der Waals surface area contributed by atoms with Gasteiger partial charge in [0.15, 0.2) is 0 Å². The quantitative estimate of drug-likeness (QED) is 0.931. The van der Waals surface area contributed by atoms with Crippen molar-refractivity contribution in [1.29, 1.82) is 0 Å². The average molecular weight is 339 g/mol. The molecule has 1 aliphatic heterocycles. The summed E-state index contributed by atoms with van der Waals surface area (Å²) in [5, 5.41) is 2.93. The van der Waals surface area contributed by atoms with Gasteiger partial charge in [-0.25, -0.2) is 4.79 Å². The van der Waals surface area contributed by atoms with E-state index in [2.05, 4.69) is 5.32 Å². The first-order valence-electron chi connectivity index (χ1n) is 8.12. The third-order valence-electron chi connectivity index (χ3n) is 4.28. The number of hydrogen-bond acceptors (Lipinski definition) is 3. The molecule has 0 spiro atoms. The standard InChI is InChI=1S/C19H21N3O3/c1-21(15-6-4-3-5-7-15)19(24)20-14-12-18(23)22(13-14)16-8-10-17(25-2)11-9-16/h3-11,14H,12-13H2,1-2H3,(H,20,24). The van der Waals surface area contributed by atoms with Crippen LogP contribution in [0.2, 0.25) is 0 Å². The van der Waals surface area contributed by atoms with Gasteiger partial charge in [-0.05, 0) is 36.4 Å². The van der Waals surface area contributed by atoms with Gasteiger partial charge in [0, 0.05) is 31.4 Å². The minimum absolute atomic E-state index is 0.00201. The topological polar surface area (TPSA) is 61.9 Å². The summed E-state index contributed by atoms with van der Waals surface area (Å²) in [6.07, 6.45) is 0.292. The highest BCUT2D eigenvalue weighted by molar-refractivity contribution is 5.98. The second-order valence-corrected chi connectivity index (χ2v) is 5.95. The van der Waals surface area contributed by atoms with Gasteiger partial charge in [-0.1, -0.05) is 18.2 Å². The second kappa shape index (κ2) is 7.25. The Morgan fingerprint density at radius 3 is 2.48 bits per heavy atom.